The summed E-state index contributed by atoms with van der Waals surface area (Å²) in [6.07, 6.45) is 10.4. The molecule has 0 atom stereocenters. The highest BCUT2D eigenvalue weighted by Gasteiger charge is 2.49. The van der Waals surface area contributed by atoms with Crippen LogP contribution in [-0.4, -0.2) is 22.2 Å². The highest BCUT2D eigenvalue weighted by atomic mass is 16.4. The number of aryl methyl sites for hydroxylation is 3. The topological polar surface area (TPSA) is 74.6 Å². The Morgan fingerprint density at radius 3 is 2.21 bits per heavy atom. The van der Waals surface area contributed by atoms with E-state index in [2.05, 4.69) is 26.0 Å². The number of benzene rings is 1. The number of carboxylic acids is 2. The maximum Gasteiger partial charge on any atom is 0.309 e. The zero-order valence-electron chi connectivity index (χ0n) is 18.6. The van der Waals surface area contributed by atoms with E-state index in [-0.39, 0.29) is 0 Å². The van der Waals surface area contributed by atoms with Crippen LogP contribution in [0.3, 0.4) is 0 Å². The van der Waals surface area contributed by atoms with Crippen LogP contribution >= 0.6 is 0 Å². The largest absolute Gasteiger partial charge is 0.481 e. The third-order valence-electron chi connectivity index (χ3n) is 6.84. The molecule has 1 saturated carbocycles. The molecule has 1 fully saturated rings. The van der Waals surface area contributed by atoms with E-state index in [1.54, 1.807) is 13.8 Å². The van der Waals surface area contributed by atoms with Gasteiger partial charge in [-0.1, -0.05) is 31.4 Å². The van der Waals surface area contributed by atoms with Gasteiger partial charge >= 0.3 is 11.9 Å². The molecule has 0 unspecified atom stereocenters. The Balaban J connectivity index is 1.79. The predicted molar refractivity (Wildman–Crippen MR) is 116 cm³/mol. The number of aliphatic carboxylic acids is 2. The minimum atomic E-state index is -0.715. The first-order valence-corrected chi connectivity index (χ1v) is 11.1. The first kappa shape index (κ1) is 23.4. The van der Waals surface area contributed by atoms with Crippen LogP contribution in [0.25, 0.3) is 0 Å². The lowest BCUT2D eigenvalue weighted by Crippen LogP contribution is -2.23. The maximum atomic E-state index is 11.3. The van der Waals surface area contributed by atoms with Crippen molar-refractivity contribution in [3.8, 4) is 0 Å². The molecule has 1 aromatic carbocycles. The van der Waals surface area contributed by atoms with Crippen molar-refractivity contribution in [2.24, 2.45) is 10.8 Å². The number of unbranched alkanes of at least 4 members (excludes halogenated alkanes) is 3. The van der Waals surface area contributed by atoms with Gasteiger partial charge in [0, 0.05) is 0 Å². The van der Waals surface area contributed by atoms with Crippen LogP contribution in [0, 0.1) is 24.7 Å². The average Bonchev–Trinajstić information content (AvgIpc) is 3.43. The fourth-order valence-corrected chi connectivity index (χ4v) is 4.10. The fraction of sp³-hybridized carbons (Fsp3) is 0.680. The summed E-state index contributed by atoms with van der Waals surface area (Å²) in [5, 5.41) is 18.5. The Morgan fingerprint density at radius 2 is 1.62 bits per heavy atom. The van der Waals surface area contributed by atoms with Crippen molar-refractivity contribution in [3.63, 3.8) is 0 Å². The Labute approximate surface area is 175 Å². The number of carbonyl (C=O) groups is 2. The third-order valence-corrected chi connectivity index (χ3v) is 6.84. The van der Waals surface area contributed by atoms with Gasteiger partial charge in [0.25, 0.3) is 0 Å². The summed E-state index contributed by atoms with van der Waals surface area (Å²) in [5.41, 5.74) is 4.42. The van der Waals surface area contributed by atoms with Gasteiger partial charge in [-0.2, -0.15) is 0 Å². The molecule has 1 aromatic rings. The Bertz CT molecular complexity index is 729. The van der Waals surface area contributed by atoms with E-state index in [1.807, 2.05) is 0 Å². The Morgan fingerprint density at radius 1 is 0.966 bits per heavy atom. The van der Waals surface area contributed by atoms with Crippen LogP contribution < -0.4 is 0 Å². The smallest absolute Gasteiger partial charge is 0.309 e. The van der Waals surface area contributed by atoms with Crippen molar-refractivity contribution in [1.29, 1.82) is 0 Å². The lowest BCUT2D eigenvalue weighted by atomic mass is 9.86. The van der Waals surface area contributed by atoms with E-state index in [4.69, 9.17) is 0 Å². The molecule has 4 nitrogen and oxygen atoms in total. The monoisotopic (exact) mass is 402 g/mol. The second-order valence-electron chi connectivity index (χ2n) is 9.74. The van der Waals surface area contributed by atoms with Crippen molar-refractivity contribution in [3.05, 3.63) is 34.4 Å². The van der Waals surface area contributed by atoms with E-state index in [1.165, 1.54) is 22.3 Å². The standard InChI is InChI=1S/C25H38O4/c1-18-16-20(10-7-9-13-25(14-15-25)23(28)29)17-21(19(18)2)11-6-5-8-12-24(3,4)22(26)27/h16-17H,5-15H2,1-4H3,(H,26,27)(H,28,29). The molecule has 162 valence electrons. The Hall–Kier alpha value is -1.84. The Kier molecular flexibility index (Phi) is 7.90. The molecule has 1 aliphatic rings. The van der Waals surface area contributed by atoms with E-state index in [0.717, 1.165) is 70.6 Å². The summed E-state index contributed by atoms with van der Waals surface area (Å²) in [6.45, 7) is 7.95. The summed E-state index contributed by atoms with van der Waals surface area (Å²) in [5.74, 6) is -1.33. The third kappa shape index (κ3) is 6.58. The molecule has 0 aromatic heterocycles. The summed E-state index contributed by atoms with van der Waals surface area (Å²) in [6, 6.07) is 4.60. The number of hydrogen-bond donors (Lipinski definition) is 2. The van der Waals surface area contributed by atoms with Gasteiger partial charge in [-0.3, -0.25) is 9.59 Å². The molecule has 29 heavy (non-hydrogen) atoms. The van der Waals surface area contributed by atoms with Gasteiger partial charge < -0.3 is 10.2 Å². The lowest BCUT2D eigenvalue weighted by Gasteiger charge is -2.18. The van der Waals surface area contributed by atoms with Crippen LogP contribution in [-0.2, 0) is 22.4 Å². The molecule has 0 spiro atoms. The molecular weight excluding hydrogens is 364 g/mol. The lowest BCUT2D eigenvalue weighted by molar-refractivity contribution is -0.147. The van der Waals surface area contributed by atoms with Gasteiger partial charge in [0.05, 0.1) is 10.8 Å². The molecular formula is C25H38O4. The van der Waals surface area contributed by atoms with Crippen LogP contribution in [0.4, 0.5) is 0 Å². The molecule has 0 bridgehead atoms. The summed E-state index contributed by atoms with van der Waals surface area (Å²) in [4.78, 5) is 22.5. The number of rotatable bonds is 13. The van der Waals surface area contributed by atoms with E-state index < -0.39 is 22.8 Å². The summed E-state index contributed by atoms with van der Waals surface area (Å²) >= 11 is 0. The first-order valence-electron chi connectivity index (χ1n) is 11.1. The zero-order chi connectivity index (χ0) is 21.7. The molecule has 0 heterocycles. The van der Waals surface area contributed by atoms with Crippen molar-refractivity contribution in [1.82, 2.24) is 0 Å². The highest BCUT2D eigenvalue weighted by molar-refractivity contribution is 5.77. The van der Waals surface area contributed by atoms with Gasteiger partial charge in [0.1, 0.15) is 0 Å². The summed E-state index contributed by atoms with van der Waals surface area (Å²) < 4.78 is 0. The van der Waals surface area contributed by atoms with Crippen LogP contribution in [0.15, 0.2) is 12.1 Å². The van der Waals surface area contributed by atoms with Gasteiger partial charge in [-0.15, -0.1) is 0 Å². The van der Waals surface area contributed by atoms with Crippen molar-refractivity contribution >= 4 is 11.9 Å². The molecule has 2 rings (SSSR count). The van der Waals surface area contributed by atoms with Crippen LogP contribution in [0.5, 0.6) is 0 Å². The normalized spacial score (nSPS) is 15.3. The van der Waals surface area contributed by atoms with Crippen molar-refractivity contribution < 1.29 is 19.8 Å². The molecule has 0 aliphatic heterocycles. The minimum Gasteiger partial charge on any atom is -0.481 e. The van der Waals surface area contributed by atoms with Crippen LogP contribution in [0.2, 0.25) is 0 Å². The zero-order valence-corrected chi connectivity index (χ0v) is 18.6. The van der Waals surface area contributed by atoms with Gasteiger partial charge in [0.15, 0.2) is 0 Å². The molecule has 0 radical (unpaired) electrons. The summed E-state index contributed by atoms with van der Waals surface area (Å²) in [7, 11) is 0. The quantitative estimate of drug-likeness (QED) is 0.391. The van der Waals surface area contributed by atoms with E-state index in [9.17, 15) is 19.8 Å². The minimum absolute atomic E-state index is 0.399. The van der Waals surface area contributed by atoms with Gasteiger partial charge in [0.2, 0.25) is 0 Å². The van der Waals surface area contributed by atoms with Gasteiger partial charge in [-0.25, -0.2) is 0 Å². The number of carboxylic acid groups (broad SMARTS) is 2. The fourth-order valence-electron chi connectivity index (χ4n) is 4.10. The molecule has 2 N–H and O–H groups in total. The predicted octanol–water partition coefficient (Wildman–Crippen LogP) is 6.09. The molecule has 0 saturated heterocycles. The van der Waals surface area contributed by atoms with Crippen molar-refractivity contribution in [2.75, 3.05) is 0 Å². The average molecular weight is 403 g/mol. The van der Waals surface area contributed by atoms with Crippen LogP contribution in [0.1, 0.15) is 93.9 Å². The first-order chi connectivity index (χ1) is 13.6. The molecule has 4 heteroatoms. The van der Waals surface area contributed by atoms with Crippen molar-refractivity contribution in [2.45, 2.75) is 98.3 Å². The van der Waals surface area contributed by atoms with E-state index >= 15 is 0 Å². The van der Waals surface area contributed by atoms with Gasteiger partial charge in [-0.05, 0) is 101 Å². The second-order valence-corrected chi connectivity index (χ2v) is 9.74. The maximum absolute atomic E-state index is 11.3. The number of hydrogen-bond acceptors (Lipinski definition) is 2. The SMILES string of the molecule is Cc1cc(CCCCC2(C(=O)O)CC2)cc(CCCCCC(C)(C)C(=O)O)c1C. The second kappa shape index (κ2) is 9.77. The highest BCUT2D eigenvalue weighted by Crippen LogP contribution is 2.50. The molecule has 1 aliphatic carbocycles. The van der Waals surface area contributed by atoms with E-state index in [0.29, 0.717) is 0 Å². The molecule has 0 amide bonds.